The summed E-state index contributed by atoms with van der Waals surface area (Å²) in [6, 6.07) is 12.1. The highest BCUT2D eigenvalue weighted by Crippen LogP contribution is 2.57. The molecule has 1 fully saturated rings. The fraction of sp³-hybridized carbons (Fsp3) is 0.263. The molecule has 2 atom stereocenters. The summed E-state index contributed by atoms with van der Waals surface area (Å²) in [7, 11) is 1.67. The van der Waals surface area contributed by atoms with E-state index in [1.807, 2.05) is 24.3 Å². The summed E-state index contributed by atoms with van der Waals surface area (Å²) in [5.74, 6) is 2.25. The molecule has 26 heavy (non-hydrogen) atoms. The average Bonchev–Trinajstić information content (AvgIpc) is 3.09. The number of methoxy groups -OCH3 is 1. The number of benzene rings is 1. The maximum Gasteiger partial charge on any atom is 0.162 e. The van der Waals surface area contributed by atoms with Crippen molar-refractivity contribution in [3.8, 4) is 16.2 Å². The second-order valence-electron chi connectivity index (χ2n) is 6.49. The van der Waals surface area contributed by atoms with Crippen LogP contribution in [0.1, 0.15) is 23.2 Å². The molecule has 1 aliphatic heterocycles. The Balaban J connectivity index is 1.47. The number of nitrogens with zero attached hydrogens (tertiary/aromatic N) is 3. The van der Waals surface area contributed by atoms with Crippen LogP contribution in [0.2, 0.25) is 0 Å². The van der Waals surface area contributed by atoms with Gasteiger partial charge in [0.25, 0.3) is 0 Å². The van der Waals surface area contributed by atoms with Crippen LogP contribution in [-0.4, -0.2) is 26.2 Å². The highest BCUT2D eigenvalue weighted by atomic mass is 32.2. The fourth-order valence-corrected chi connectivity index (χ4v) is 6.91. The summed E-state index contributed by atoms with van der Waals surface area (Å²) in [5.41, 5.74) is 0.551. The van der Waals surface area contributed by atoms with E-state index in [9.17, 15) is 5.11 Å². The molecule has 3 heterocycles. The van der Waals surface area contributed by atoms with Crippen molar-refractivity contribution in [1.29, 1.82) is 0 Å². The normalized spacial score (nSPS) is 21.3. The molecule has 0 amide bonds. The van der Waals surface area contributed by atoms with Crippen molar-refractivity contribution >= 4 is 33.3 Å². The van der Waals surface area contributed by atoms with Crippen LogP contribution in [0.4, 0.5) is 5.82 Å². The molecule has 5 nitrogen and oxygen atoms in total. The third-order valence-electron chi connectivity index (χ3n) is 4.71. The van der Waals surface area contributed by atoms with E-state index in [1.54, 1.807) is 31.0 Å². The van der Waals surface area contributed by atoms with Gasteiger partial charge in [0.15, 0.2) is 5.82 Å². The van der Waals surface area contributed by atoms with E-state index in [0.717, 1.165) is 26.9 Å². The van der Waals surface area contributed by atoms with Crippen LogP contribution in [0, 0.1) is 5.92 Å². The third-order valence-corrected chi connectivity index (χ3v) is 8.52. The molecular formula is C19H19N3O2S2. The van der Waals surface area contributed by atoms with Gasteiger partial charge < -0.3 is 9.84 Å². The van der Waals surface area contributed by atoms with Crippen LogP contribution >= 0.6 is 22.4 Å². The monoisotopic (exact) mass is 385 g/mol. The number of aliphatic hydroxyl groups is 1. The predicted molar refractivity (Wildman–Crippen MR) is 108 cm³/mol. The Morgan fingerprint density at radius 2 is 2.19 bits per heavy atom. The molecule has 2 aromatic heterocycles. The molecule has 0 radical (unpaired) electrons. The van der Waals surface area contributed by atoms with Crippen LogP contribution in [0.15, 0.2) is 53.9 Å². The van der Waals surface area contributed by atoms with E-state index in [1.165, 1.54) is 17.9 Å². The first-order valence-electron chi connectivity index (χ1n) is 8.57. The second-order valence-corrected chi connectivity index (χ2v) is 9.68. The van der Waals surface area contributed by atoms with E-state index < -0.39 is 16.5 Å². The summed E-state index contributed by atoms with van der Waals surface area (Å²) >= 11 is 0.712. The smallest absolute Gasteiger partial charge is 0.162 e. The zero-order valence-corrected chi connectivity index (χ0v) is 16.0. The van der Waals surface area contributed by atoms with Gasteiger partial charge in [-0.1, -0.05) is 23.2 Å². The minimum atomic E-state index is -0.921. The lowest BCUT2D eigenvalue weighted by molar-refractivity contribution is 0.272. The Kier molecular flexibility index (Phi) is 3.88. The first-order valence-corrected chi connectivity index (χ1v) is 10.8. The van der Waals surface area contributed by atoms with Crippen molar-refractivity contribution in [2.45, 2.75) is 18.3 Å². The summed E-state index contributed by atoms with van der Waals surface area (Å²) in [6.45, 7) is 0. The van der Waals surface area contributed by atoms with Gasteiger partial charge in [-0.3, -0.25) is 3.97 Å². The molecule has 5 rings (SSSR count). The van der Waals surface area contributed by atoms with E-state index in [-0.39, 0.29) is 0 Å². The zero-order valence-electron chi connectivity index (χ0n) is 14.2. The van der Waals surface area contributed by atoms with Crippen molar-refractivity contribution in [2.24, 2.45) is 10.9 Å². The van der Waals surface area contributed by atoms with Crippen molar-refractivity contribution in [3.05, 3.63) is 53.8 Å². The lowest BCUT2D eigenvalue weighted by Crippen LogP contribution is -2.10. The summed E-state index contributed by atoms with van der Waals surface area (Å²) in [5, 5.41) is 12.3. The molecule has 0 spiro atoms. The van der Waals surface area contributed by atoms with E-state index >= 15 is 0 Å². The fourth-order valence-electron chi connectivity index (χ4n) is 3.21. The molecule has 1 N–H and O–H groups in total. The van der Waals surface area contributed by atoms with Gasteiger partial charge in [-0.15, -0.1) is 11.3 Å². The van der Waals surface area contributed by atoms with Gasteiger partial charge in [0.05, 0.1) is 18.4 Å². The van der Waals surface area contributed by atoms with E-state index in [2.05, 4.69) is 21.1 Å². The van der Waals surface area contributed by atoms with E-state index in [0.29, 0.717) is 5.92 Å². The molecule has 2 unspecified atom stereocenters. The first-order chi connectivity index (χ1) is 12.7. The van der Waals surface area contributed by atoms with E-state index in [4.69, 9.17) is 9.73 Å². The molecule has 1 aromatic carbocycles. The van der Waals surface area contributed by atoms with Gasteiger partial charge in [-0.25, -0.2) is 9.98 Å². The maximum atomic E-state index is 11.2. The summed E-state index contributed by atoms with van der Waals surface area (Å²) in [6.07, 6.45) is 5.96. The highest BCUT2D eigenvalue weighted by Gasteiger charge is 2.39. The van der Waals surface area contributed by atoms with Crippen molar-refractivity contribution in [2.75, 3.05) is 7.11 Å². The number of aliphatic imine (C=N–C) groups is 1. The molecule has 7 heteroatoms. The van der Waals surface area contributed by atoms with Gasteiger partial charge >= 0.3 is 0 Å². The number of rotatable bonds is 5. The number of aromatic nitrogens is 2. The summed E-state index contributed by atoms with van der Waals surface area (Å²) in [4.78, 5) is 11.1. The minimum absolute atomic E-state index is 0.536. The highest BCUT2D eigenvalue weighted by molar-refractivity contribution is 8.29. The predicted octanol–water partition coefficient (Wildman–Crippen LogP) is 4.53. The van der Waals surface area contributed by atoms with Crippen LogP contribution in [0.25, 0.3) is 10.4 Å². The largest absolute Gasteiger partial charge is 0.497 e. The molecular weight excluding hydrogens is 366 g/mol. The Bertz CT molecular complexity index is 990. The third kappa shape index (κ3) is 2.67. The first kappa shape index (κ1) is 16.1. The number of ether oxygens (including phenoxy) is 1. The quantitative estimate of drug-likeness (QED) is 0.635. The standard InChI is InChI=1S/C19H19N3O2S2/c1-24-14-4-2-3-13(9-14)15-7-8-16(25-15)19(23)26-18(12-5-6-12)21-17-10-20-11-22(17)26/h2-4,7-12,19,23,26H,5-6H2,1H3. The molecule has 0 saturated heterocycles. The van der Waals surface area contributed by atoms with Crippen LogP contribution < -0.4 is 4.74 Å². The number of fused-ring (bicyclic) bond motifs is 1. The lowest BCUT2D eigenvalue weighted by atomic mass is 10.2. The number of hydrogen-bond donors (Lipinski definition) is 2. The van der Waals surface area contributed by atoms with Gasteiger partial charge in [0.2, 0.25) is 0 Å². The lowest BCUT2D eigenvalue weighted by Gasteiger charge is -2.25. The van der Waals surface area contributed by atoms with Crippen molar-refractivity contribution in [3.63, 3.8) is 0 Å². The number of thiophene rings is 1. The Hall–Kier alpha value is -2.09. The summed E-state index contributed by atoms with van der Waals surface area (Å²) < 4.78 is 7.39. The average molecular weight is 386 g/mol. The molecule has 2 aliphatic rings. The van der Waals surface area contributed by atoms with Crippen molar-refractivity contribution in [1.82, 2.24) is 8.96 Å². The number of thiol groups is 1. The maximum absolute atomic E-state index is 11.2. The van der Waals surface area contributed by atoms with Gasteiger partial charge in [0, 0.05) is 15.7 Å². The SMILES string of the molecule is COc1cccc(-c2ccc(C(O)[SH]3C(C4CC4)=Nc4cncn43)s2)c1. The Labute approximate surface area is 158 Å². The number of hydrogen-bond acceptors (Lipinski definition) is 5. The van der Waals surface area contributed by atoms with Gasteiger partial charge in [-0.2, -0.15) is 0 Å². The molecule has 1 saturated carbocycles. The molecule has 134 valence electrons. The Morgan fingerprint density at radius 1 is 1.31 bits per heavy atom. The Morgan fingerprint density at radius 3 is 3.00 bits per heavy atom. The second kappa shape index (κ2) is 6.26. The minimum Gasteiger partial charge on any atom is -0.497 e. The van der Waals surface area contributed by atoms with Crippen LogP contribution in [-0.2, 0) is 0 Å². The number of aliphatic hydroxyl groups excluding tert-OH is 1. The topological polar surface area (TPSA) is 59.6 Å². The zero-order chi connectivity index (χ0) is 17.7. The van der Waals surface area contributed by atoms with Crippen LogP contribution in [0.3, 0.4) is 0 Å². The molecule has 3 aromatic rings. The van der Waals surface area contributed by atoms with Crippen LogP contribution in [0.5, 0.6) is 5.75 Å². The number of imidazole rings is 1. The molecule has 1 aliphatic carbocycles. The van der Waals surface area contributed by atoms with Crippen molar-refractivity contribution < 1.29 is 9.84 Å². The van der Waals surface area contributed by atoms with Gasteiger partial charge in [0.1, 0.15) is 17.5 Å². The molecule has 0 bridgehead atoms. The van der Waals surface area contributed by atoms with Gasteiger partial charge in [-0.05, 0) is 42.7 Å².